The first-order valence-corrected chi connectivity index (χ1v) is 5.32. The van der Waals surface area contributed by atoms with Crippen LogP contribution in [-0.4, -0.2) is 14.5 Å². The van der Waals surface area contributed by atoms with Crippen LogP contribution >= 0.6 is 0 Å². The van der Waals surface area contributed by atoms with Crippen molar-refractivity contribution < 1.29 is 13.7 Å². The molecule has 100 valence electrons. The molecule has 8 heteroatoms. The van der Waals surface area contributed by atoms with E-state index in [2.05, 4.69) is 10.3 Å². The third kappa shape index (κ3) is 2.51. The third-order valence-electron chi connectivity index (χ3n) is 2.63. The van der Waals surface area contributed by atoms with E-state index in [1.165, 1.54) is 12.5 Å². The number of nitrogens with one attached hydrogen (secondary N) is 1. The van der Waals surface area contributed by atoms with Crippen molar-refractivity contribution in [2.75, 3.05) is 5.32 Å². The number of halogens is 2. The van der Waals surface area contributed by atoms with Gasteiger partial charge in [-0.3, -0.25) is 10.1 Å². The van der Waals surface area contributed by atoms with Crippen molar-refractivity contribution in [1.29, 1.82) is 0 Å². The van der Waals surface area contributed by atoms with Crippen molar-refractivity contribution >= 4 is 11.4 Å². The lowest BCUT2D eigenvalue weighted by Crippen LogP contribution is -2.08. The summed E-state index contributed by atoms with van der Waals surface area (Å²) < 4.78 is 28.4. The maximum atomic E-state index is 13.6. The van der Waals surface area contributed by atoms with E-state index in [0.29, 0.717) is 5.69 Å². The number of rotatable bonds is 4. The Bertz CT molecular complexity index is 627. The molecule has 1 aromatic carbocycles. The summed E-state index contributed by atoms with van der Waals surface area (Å²) in [5.41, 5.74) is -0.301. The molecule has 2 aromatic rings. The van der Waals surface area contributed by atoms with Gasteiger partial charge in [-0.15, -0.1) is 0 Å². The molecule has 0 aliphatic rings. The molecule has 0 radical (unpaired) electrons. The van der Waals surface area contributed by atoms with Gasteiger partial charge in [0.25, 0.3) is 5.69 Å². The fraction of sp³-hybridized carbons (Fsp3) is 0.182. The lowest BCUT2D eigenvalue weighted by atomic mass is 10.2. The minimum absolute atomic E-state index is 0.0950. The maximum absolute atomic E-state index is 13.6. The third-order valence-corrected chi connectivity index (χ3v) is 2.63. The topological polar surface area (TPSA) is 73.0 Å². The highest BCUT2D eigenvalue weighted by Crippen LogP contribution is 2.29. The standard InChI is InChI=1S/C11H10F2N4O2/c1-16-6-14-4-7(16)5-15-11-9(17(18)19)3-2-8(12)10(11)13/h2-4,6,15H,5H2,1H3. The molecule has 2 rings (SSSR count). The molecule has 0 aliphatic carbocycles. The molecule has 1 heterocycles. The predicted molar refractivity (Wildman–Crippen MR) is 63.5 cm³/mol. The van der Waals surface area contributed by atoms with Gasteiger partial charge in [0.2, 0.25) is 0 Å². The first kappa shape index (κ1) is 12.9. The monoisotopic (exact) mass is 268 g/mol. The van der Waals surface area contributed by atoms with Crippen molar-refractivity contribution in [3.8, 4) is 0 Å². The smallest absolute Gasteiger partial charge is 0.295 e. The second-order valence-corrected chi connectivity index (χ2v) is 3.86. The minimum atomic E-state index is -1.27. The average Bonchev–Trinajstić information content (AvgIpc) is 2.76. The van der Waals surface area contributed by atoms with Crippen LogP contribution in [0.3, 0.4) is 0 Å². The number of nitrogens with zero attached hydrogens (tertiary/aromatic N) is 3. The number of aryl methyl sites for hydroxylation is 1. The molecular formula is C11H10F2N4O2. The number of hydrogen-bond acceptors (Lipinski definition) is 4. The fourth-order valence-electron chi connectivity index (χ4n) is 1.59. The van der Waals surface area contributed by atoms with Crippen molar-refractivity contribution in [1.82, 2.24) is 9.55 Å². The Hall–Kier alpha value is -2.51. The Labute approximate surface area is 106 Å². The van der Waals surface area contributed by atoms with E-state index < -0.39 is 27.9 Å². The van der Waals surface area contributed by atoms with E-state index in [1.807, 2.05) is 0 Å². The van der Waals surface area contributed by atoms with Crippen molar-refractivity contribution in [2.45, 2.75) is 6.54 Å². The number of nitro benzene ring substituents is 1. The molecule has 1 aromatic heterocycles. The van der Waals surface area contributed by atoms with Gasteiger partial charge in [-0.05, 0) is 6.07 Å². The zero-order valence-electron chi connectivity index (χ0n) is 9.93. The van der Waals surface area contributed by atoms with Gasteiger partial charge >= 0.3 is 0 Å². The van der Waals surface area contributed by atoms with Gasteiger partial charge in [-0.1, -0.05) is 0 Å². The Kier molecular flexibility index (Phi) is 3.41. The summed E-state index contributed by atoms with van der Waals surface area (Å²) in [5, 5.41) is 13.3. The molecule has 0 unspecified atom stereocenters. The van der Waals surface area contributed by atoms with Gasteiger partial charge in [0.15, 0.2) is 17.3 Å². The largest absolute Gasteiger partial charge is 0.371 e. The first-order chi connectivity index (χ1) is 9.00. The molecule has 1 N–H and O–H groups in total. The van der Waals surface area contributed by atoms with E-state index in [1.54, 1.807) is 11.6 Å². The number of benzene rings is 1. The van der Waals surface area contributed by atoms with Gasteiger partial charge < -0.3 is 9.88 Å². The molecule has 6 nitrogen and oxygen atoms in total. The Morgan fingerprint density at radius 2 is 2.21 bits per heavy atom. The van der Waals surface area contributed by atoms with Crippen LogP contribution in [-0.2, 0) is 13.6 Å². The number of imidazole rings is 1. The van der Waals surface area contributed by atoms with E-state index in [4.69, 9.17) is 0 Å². The molecule has 0 atom stereocenters. The van der Waals surface area contributed by atoms with E-state index in [9.17, 15) is 18.9 Å². The number of nitro groups is 1. The van der Waals surface area contributed by atoms with Crippen LogP contribution in [0, 0.1) is 21.7 Å². The maximum Gasteiger partial charge on any atom is 0.295 e. The molecular weight excluding hydrogens is 258 g/mol. The molecule has 0 saturated heterocycles. The van der Waals surface area contributed by atoms with E-state index in [-0.39, 0.29) is 6.54 Å². The van der Waals surface area contributed by atoms with Gasteiger partial charge in [-0.2, -0.15) is 0 Å². The van der Waals surface area contributed by atoms with Crippen LogP contribution in [0.2, 0.25) is 0 Å². The van der Waals surface area contributed by atoms with Gasteiger partial charge in [-0.25, -0.2) is 13.8 Å². The molecule has 0 fully saturated rings. The summed E-state index contributed by atoms with van der Waals surface area (Å²) >= 11 is 0. The van der Waals surface area contributed by atoms with Crippen molar-refractivity contribution in [2.24, 2.45) is 7.05 Å². The summed E-state index contributed by atoms with van der Waals surface area (Å²) in [7, 11) is 1.72. The Morgan fingerprint density at radius 3 is 2.79 bits per heavy atom. The van der Waals surface area contributed by atoms with Crippen LogP contribution in [0.1, 0.15) is 5.69 Å². The molecule has 19 heavy (non-hydrogen) atoms. The Balaban J connectivity index is 2.31. The number of hydrogen-bond donors (Lipinski definition) is 1. The highest BCUT2D eigenvalue weighted by atomic mass is 19.2. The van der Waals surface area contributed by atoms with Crippen molar-refractivity contribution in [3.63, 3.8) is 0 Å². The summed E-state index contributed by atoms with van der Waals surface area (Å²) in [6, 6.07) is 1.65. The van der Waals surface area contributed by atoms with Gasteiger partial charge in [0.1, 0.15) is 0 Å². The van der Waals surface area contributed by atoms with Gasteiger partial charge in [0.05, 0.1) is 23.5 Å². The average molecular weight is 268 g/mol. The summed E-state index contributed by atoms with van der Waals surface area (Å²) in [4.78, 5) is 13.9. The Morgan fingerprint density at radius 1 is 1.47 bits per heavy atom. The fourth-order valence-corrected chi connectivity index (χ4v) is 1.59. The first-order valence-electron chi connectivity index (χ1n) is 5.32. The zero-order valence-corrected chi connectivity index (χ0v) is 9.93. The lowest BCUT2D eigenvalue weighted by Gasteiger charge is -2.08. The zero-order chi connectivity index (χ0) is 14.0. The summed E-state index contributed by atoms with van der Waals surface area (Å²) in [6.07, 6.45) is 3.06. The second kappa shape index (κ2) is 5.01. The van der Waals surface area contributed by atoms with Crippen LogP contribution in [0.15, 0.2) is 24.7 Å². The predicted octanol–water partition coefficient (Wildman–Crippen LogP) is 2.22. The van der Waals surface area contributed by atoms with Crippen LogP contribution < -0.4 is 5.32 Å². The quantitative estimate of drug-likeness (QED) is 0.681. The molecule has 0 bridgehead atoms. The molecule has 0 amide bonds. The molecule has 0 spiro atoms. The summed E-state index contributed by atoms with van der Waals surface area (Å²) in [5.74, 6) is -2.41. The SMILES string of the molecule is Cn1cncc1CNc1c([N+](=O)[O-])ccc(F)c1F. The minimum Gasteiger partial charge on any atom is -0.371 e. The number of aromatic nitrogens is 2. The van der Waals surface area contributed by atoms with Gasteiger partial charge in [0, 0.05) is 19.3 Å². The van der Waals surface area contributed by atoms with Crippen LogP contribution in [0.4, 0.5) is 20.2 Å². The molecule has 0 saturated carbocycles. The number of anilines is 1. The van der Waals surface area contributed by atoms with E-state index >= 15 is 0 Å². The van der Waals surface area contributed by atoms with E-state index in [0.717, 1.165) is 12.1 Å². The summed E-state index contributed by atoms with van der Waals surface area (Å²) in [6.45, 7) is 0.0950. The highest BCUT2D eigenvalue weighted by molar-refractivity contribution is 5.62. The highest BCUT2D eigenvalue weighted by Gasteiger charge is 2.21. The van der Waals surface area contributed by atoms with Crippen molar-refractivity contribution in [3.05, 3.63) is 52.1 Å². The molecule has 0 aliphatic heterocycles. The lowest BCUT2D eigenvalue weighted by molar-refractivity contribution is -0.384. The van der Waals surface area contributed by atoms with Crippen LogP contribution in [0.5, 0.6) is 0 Å². The second-order valence-electron chi connectivity index (χ2n) is 3.86. The van der Waals surface area contributed by atoms with Crippen LogP contribution in [0.25, 0.3) is 0 Å². The normalized spacial score (nSPS) is 10.5.